The van der Waals surface area contributed by atoms with E-state index in [0.717, 1.165) is 40.7 Å². The molecule has 1 aliphatic carbocycles. The molecule has 1 amide bonds. The summed E-state index contributed by atoms with van der Waals surface area (Å²) < 4.78 is 16.0. The zero-order valence-corrected chi connectivity index (χ0v) is 20.7. The smallest absolute Gasteiger partial charge is 0.341 e. The number of carbonyl (C=O) groups is 3. The summed E-state index contributed by atoms with van der Waals surface area (Å²) in [4.78, 5) is 38.5. The number of hydrogen-bond acceptors (Lipinski definition) is 8. The van der Waals surface area contributed by atoms with Crippen LogP contribution in [-0.2, 0) is 38.3 Å². The van der Waals surface area contributed by atoms with E-state index in [1.165, 1.54) is 33.8 Å². The molecule has 9 heteroatoms. The summed E-state index contributed by atoms with van der Waals surface area (Å²) >= 11 is 2.72. The molecule has 1 aliphatic rings. The predicted octanol–water partition coefficient (Wildman–Crippen LogP) is 5.61. The zero-order valence-electron chi connectivity index (χ0n) is 19.1. The number of amides is 1. The Morgan fingerprint density at radius 1 is 1.11 bits per heavy atom. The standard InChI is InChI=1S/C26H23NO6S2/c1-2-31-26(30)24-19(21-7-4-8-34-21)14-35-25(24)27-22(28)13-33-23(29)11-17-12-32-20-10-16-6-3-5-15(16)9-18(17)20/h4,7-10,12,14H,2-3,5-6,11,13H2,1H3,(H,27,28). The van der Waals surface area contributed by atoms with Crippen molar-refractivity contribution in [2.24, 2.45) is 0 Å². The summed E-state index contributed by atoms with van der Waals surface area (Å²) in [7, 11) is 0. The number of rotatable bonds is 8. The Labute approximate surface area is 209 Å². The van der Waals surface area contributed by atoms with E-state index in [1.54, 1.807) is 18.6 Å². The van der Waals surface area contributed by atoms with E-state index < -0.39 is 24.5 Å². The van der Waals surface area contributed by atoms with Crippen molar-refractivity contribution >= 4 is 56.5 Å². The Morgan fingerprint density at radius 3 is 2.71 bits per heavy atom. The lowest BCUT2D eigenvalue weighted by atomic mass is 10.0. The minimum Gasteiger partial charge on any atom is -0.464 e. The number of esters is 2. The molecule has 0 bridgehead atoms. The third kappa shape index (κ3) is 4.87. The van der Waals surface area contributed by atoms with Crippen molar-refractivity contribution in [3.05, 3.63) is 63.5 Å². The van der Waals surface area contributed by atoms with Gasteiger partial charge in [-0.1, -0.05) is 6.07 Å². The highest BCUT2D eigenvalue weighted by Crippen LogP contribution is 2.38. The second-order valence-electron chi connectivity index (χ2n) is 8.17. The van der Waals surface area contributed by atoms with Gasteiger partial charge in [0.15, 0.2) is 6.61 Å². The fourth-order valence-corrected chi connectivity index (χ4v) is 6.06. The summed E-state index contributed by atoms with van der Waals surface area (Å²) in [5.41, 5.74) is 5.10. The number of furan rings is 1. The Morgan fingerprint density at radius 2 is 1.94 bits per heavy atom. The van der Waals surface area contributed by atoms with E-state index in [2.05, 4.69) is 11.4 Å². The molecule has 3 aromatic heterocycles. The molecule has 0 radical (unpaired) electrons. The number of benzene rings is 1. The maximum absolute atomic E-state index is 12.6. The van der Waals surface area contributed by atoms with Crippen LogP contribution in [0.15, 0.2) is 45.7 Å². The third-order valence-electron chi connectivity index (χ3n) is 5.88. The molecule has 0 atom stereocenters. The number of nitrogens with one attached hydrogen (secondary N) is 1. The lowest BCUT2D eigenvalue weighted by Crippen LogP contribution is -2.22. The van der Waals surface area contributed by atoms with Gasteiger partial charge in [-0.25, -0.2) is 4.79 Å². The molecule has 3 heterocycles. The molecule has 0 saturated carbocycles. The first-order chi connectivity index (χ1) is 17.0. The lowest BCUT2D eigenvalue weighted by Gasteiger charge is -2.08. The Bertz CT molecular complexity index is 1400. The van der Waals surface area contributed by atoms with Crippen LogP contribution in [0.2, 0.25) is 0 Å². The molecule has 1 N–H and O–H groups in total. The molecule has 4 aromatic rings. The van der Waals surface area contributed by atoms with Gasteiger partial charge in [-0.3, -0.25) is 9.59 Å². The summed E-state index contributed by atoms with van der Waals surface area (Å²) in [5.74, 6) is -1.57. The second-order valence-corrected chi connectivity index (χ2v) is 10.00. The van der Waals surface area contributed by atoms with Crippen molar-refractivity contribution in [1.29, 1.82) is 0 Å². The minimum absolute atomic E-state index is 0.00860. The van der Waals surface area contributed by atoms with Gasteiger partial charge >= 0.3 is 11.9 Å². The van der Waals surface area contributed by atoms with Crippen molar-refractivity contribution in [2.75, 3.05) is 18.5 Å². The molecule has 0 unspecified atom stereocenters. The van der Waals surface area contributed by atoms with Gasteiger partial charge in [0, 0.05) is 26.8 Å². The van der Waals surface area contributed by atoms with Gasteiger partial charge in [-0.2, -0.15) is 0 Å². The average Bonchev–Trinajstić information content (AvgIpc) is 3.63. The zero-order chi connectivity index (χ0) is 24.4. The fourth-order valence-electron chi connectivity index (χ4n) is 4.27. The van der Waals surface area contributed by atoms with Gasteiger partial charge in [0.05, 0.1) is 19.3 Å². The normalized spacial score (nSPS) is 12.5. The minimum atomic E-state index is -0.529. The summed E-state index contributed by atoms with van der Waals surface area (Å²) in [5, 5.41) is 7.68. The van der Waals surface area contributed by atoms with E-state index in [-0.39, 0.29) is 13.0 Å². The van der Waals surface area contributed by atoms with E-state index in [4.69, 9.17) is 13.9 Å². The van der Waals surface area contributed by atoms with Gasteiger partial charge in [0.1, 0.15) is 16.1 Å². The molecule has 180 valence electrons. The average molecular weight is 510 g/mol. The van der Waals surface area contributed by atoms with Crippen LogP contribution in [0.4, 0.5) is 5.00 Å². The van der Waals surface area contributed by atoms with Crippen molar-refractivity contribution in [2.45, 2.75) is 32.6 Å². The van der Waals surface area contributed by atoms with Crippen LogP contribution < -0.4 is 5.32 Å². The highest BCUT2D eigenvalue weighted by Gasteiger charge is 2.24. The highest BCUT2D eigenvalue weighted by molar-refractivity contribution is 7.17. The first kappa shape index (κ1) is 23.3. The maximum atomic E-state index is 12.6. The van der Waals surface area contributed by atoms with Gasteiger partial charge in [0.25, 0.3) is 5.91 Å². The second kappa shape index (κ2) is 10.1. The highest BCUT2D eigenvalue weighted by atomic mass is 32.1. The molecule has 7 nitrogen and oxygen atoms in total. The first-order valence-corrected chi connectivity index (χ1v) is 13.1. The van der Waals surface area contributed by atoms with Gasteiger partial charge in [-0.05, 0) is 60.9 Å². The van der Waals surface area contributed by atoms with Gasteiger partial charge in [-0.15, -0.1) is 22.7 Å². The van der Waals surface area contributed by atoms with Gasteiger partial charge in [0.2, 0.25) is 0 Å². The van der Waals surface area contributed by atoms with Crippen LogP contribution in [0.3, 0.4) is 0 Å². The van der Waals surface area contributed by atoms with Crippen LogP contribution in [0.1, 0.15) is 40.4 Å². The summed E-state index contributed by atoms with van der Waals surface area (Å²) in [6.45, 7) is 1.48. The Balaban J connectivity index is 1.23. The number of ether oxygens (including phenoxy) is 2. The van der Waals surface area contributed by atoms with Crippen LogP contribution in [0, 0.1) is 0 Å². The van der Waals surface area contributed by atoms with Crippen LogP contribution in [-0.4, -0.2) is 31.1 Å². The Hall–Kier alpha value is -3.43. The molecule has 0 saturated heterocycles. The van der Waals surface area contributed by atoms with Crippen molar-refractivity contribution in [3.63, 3.8) is 0 Å². The Kier molecular flexibility index (Phi) is 6.70. The van der Waals surface area contributed by atoms with E-state index in [9.17, 15) is 14.4 Å². The van der Waals surface area contributed by atoms with E-state index >= 15 is 0 Å². The number of carbonyl (C=O) groups excluding carboxylic acids is 3. The number of aryl methyl sites for hydroxylation is 2. The maximum Gasteiger partial charge on any atom is 0.341 e. The predicted molar refractivity (Wildman–Crippen MR) is 135 cm³/mol. The lowest BCUT2D eigenvalue weighted by molar-refractivity contribution is -0.146. The summed E-state index contributed by atoms with van der Waals surface area (Å²) in [6.07, 6.45) is 4.80. The van der Waals surface area contributed by atoms with Crippen LogP contribution in [0.25, 0.3) is 21.4 Å². The first-order valence-electron chi connectivity index (χ1n) is 11.3. The topological polar surface area (TPSA) is 94.8 Å². The molecular weight excluding hydrogens is 486 g/mol. The van der Waals surface area contributed by atoms with Crippen LogP contribution >= 0.6 is 22.7 Å². The molecule has 0 fully saturated rings. The van der Waals surface area contributed by atoms with E-state index in [0.29, 0.717) is 16.1 Å². The fraction of sp³-hybridized carbons (Fsp3) is 0.269. The van der Waals surface area contributed by atoms with Crippen molar-refractivity contribution < 1.29 is 28.3 Å². The summed E-state index contributed by atoms with van der Waals surface area (Å²) in [6, 6.07) is 7.93. The monoisotopic (exact) mass is 509 g/mol. The number of anilines is 1. The molecule has 1 aromatic carbocycles. The number of thiophene rings is 2. The number of fused-ring (bicyclic) bond motifs is 2. The molecule has 5 rings (SSSR count). The van der Waals surface area contributed by atoms with Gasteiger partial charge < -0.3 is 19.2 Å². The third-order valence-corrected chi connectivity index (χ3v) is 7.68. The molecule has 35 heavy (non-hydrogen) atoms. The van der Waals surface area contributed by atoms with E-state index in [1.807, 2.05) is 23.6 Å². The largest absolute Gasteiger partial charge is 0.464 e. The van der Waals surface area contributed by atoms with Crippen LogP contribution in [0.5, 0.6) is 0 Å². The molecule has 0 spiro atoms. The van der Waals surface area contributed by atoms with Crippen molar-refractivity contribution in [3.8, 4) is 10.4 Å². The molecule has 0 aliphatic heterocycles. The quantitative estimate of drug-likeness (QED) is 0.310. The van der Waals surface area contributed by atoms with Crippen molar-refractivity contribution in [1.82, 2.24) is 0 Å². The number of hydrogen-bond donors (Lipinski definition) is 1. The molecular formula is C26H23NO6S2. The SMILES string of the molecule is CCOC(=O)c1c(-c2cccs2)csc1NC(=O)COC(=O)Cc1coc2cc3c(cc12)CCC3.